The topological polar surface area (TPSA) is 55.8 Å². The van der Waals surface area contributed by atoms with Gasteiger partial charge in [-0.2, -0.15) is 0 Å². The van der Waals surface area contributed by atoms with Gasteiger partial charge in [0, 0.05) is 36.2 Å². The fourth-order valence-corrected chi connectivity index (χ4v) is 3.78. The molecule has 1 heterocycles. The normalized spacial score (nSPS) is 16.9. The number of amides is 1. The molecule has 0 saturated carbocycles. The second-order valence-corrected chi connectivity index (χ2v) is 7.82. The van der Waals surface area contributed by atoms with Crippen LogP contribution >= 0.6 is 15.9 Å². The van der Waals surface area contributed by atoms with Crippen molar-refractivity contribution in [2.45, 2.75) is 25.9 Å². The second-order valence-electron chi connectivity index (χ2n) is 6.91. The molecule has 5 nitrogen and oxygen atoms in total. The van der Waals surface area contributed by atoms with Gasteiger partial charge in [0.25, 0.3) is 0 Å². The fourth-order valence-electron chi connectivity index (χ4n) is 3.52. The first-order valence-corrected chi connectivity index (χ1v) is 10.3. The van der Waals surface area contributed by atoms with E-state index in [1.54, 1.807) is 18.9 Å². The molecule has 6 heteroatoms. The number of rotatable bonds is 7. The number of hydrogen-bond acceptors (Lipinski definition) is 4. The molecule has 1 amide bonds. The molecule has 0 fully saturated rings. The molecule has 1 aliphatic heterocycles. The predicted molar refractivity (Wildman–Crippen MR) is 114 cm³/mol. The number of carbonyl (C=O) groups excluding carboxylic acids is 2. The molecule has 0 radical (unpaired) electrons. The lowest BCUT2D eigenvalue weighted by molar-refractivity contribution is -0.141. The Morgan fingerprint density at radius 3 is 2.48 bits per heavy atom. The maximum Gasteiger partial charge on any atom is 0.336 e. The van der Waals surface area contributed by atoms with Gasteiger partial charge < -0.3 is 14.4 Å². The summed E-state index contributed by atoms with van der Waals surface area (Å²) in [5.41, 5.74) is 2.99. The van der Waals surface area contributed by atoms with Crippen LogP contribution in [0, 0.1) is 0 Å². The van der Waals surface area contributed by atoms with Crippen LogP contribution in [-0.2, 0) is 25.7 Å². The summed E-state index contributed by atoms with van der Waals surface area (Å²) in [5.74, 6) is -0.751. The van der Waals surface area contributed by atoms with Crippen molar-refractivity contribution in [2.75, 3.05) is 20.3 Å². The van der Waals surface area contributed by atoms with Crippen LogP contribution in [0.25, 0.3) is 0 Å². The van der Waals surface area contributed by atoms with E-state index < -0.39 is 5.97 Å². The molecule has 29 heavy (non-hydrogen) atoms. The first kappa shape index (κ1) is 21.3. The Morgan fingerprint density at radius 2 is 1.83 bits per heavy atom. The second kappa shape index (κ2) is 9.85. The summed E-state index contributed by atoms with van der Waals surface area (Å²) in [6, 6.07) is 17.3. The van der Waals surface area contributed by atoms with Crippen molar-refractivity contribution in [1.82, 2.24) is 4.90 Å². The molecule has 0 N–H and O–H groups in total. The Morgan fingerprint density at radius 1 is 1.14 bits per heavy atom. The molecular formula is C23H24BrNO4. The van der Waals surface area contributed by atoms with Gasteiger partial charge in [0.1, 0.15) is 6.61 Å². The lowest BCUT2D eigenvalue weighted by atomic mass is 9.83. The minimum Gasteiger partial charge on any atom is -0.457 e. The highest BCUT2D eigenvalue weighted by atomic mass is 79.9. The smallest absolute Gasteiger partial charge is 0.336 e. The molecule has 0 bridgehead atoms. The van der Waals surface area contributed by atoms with E-state index in [2.05, 4.69) is 15.9 Å². The maximum atomic E-state index is 13.1. The van der Waals surface area contributed by atoms with E-state index in [0.717, 1.165) is 15.6 Å². The van der Waals surface area contributed by atoms with Crippen LogP contribution in [0.3, 0.4) is 0 Å². The number of nitrogens with zero attached hydrogens (tertiary/aromatic N) is 1. The van der Waals surface area contributed by atoms with E-state index in [-0.39, 0.29) is 24.9 Å². The van der Waals surface area contributed by atoms with Crippen molar-refractivity contribution < 1.29 is 19.1 Å². The van der Waals surface area contributed by atoms with Gasteiger partial charge in [-0.05, 0) is 30.2 Å². The minimum atomic E-state index is -0.394. The van der Waals surface area contributed by atoms with E-state index >= 15 is 0 Å². The Kier molecular flexibility index (Phi) is 7.23. The van der Waals surface area contributed by atoms with Gasteiger partial charge in [0.15, 0.2) is 0 Å². The molecule has 0 aliphatic carbocycles. The van der Waals surface area contributed by atoms with Crippen LogP contribution in [0.5, 0.6) is 0 Å². The van der Waals surface area contributed by atoms with Crippen LogP contribution in [0.4, 0.5) is 0 Å². The monoisotopic (exact) mass is 457 g/mol. The third-order valence-corrected chi connectivity index (χ3v) is 5.58. The quantitative estimate of drug-likeness (QED) is 0.577. The zero-order valence-electron chi connectivity index (χ0n) is 16.6. The third-order valence-electron chi connectivity index (χ3n) is 5.05. The van der Waals surface area contributed by atoms with Gasteiger partial charge in [-0.25, -0.2) is 4.79 Å². The van der Waals surface area contributed by atoms with Crippen LogP contribution in [0.1, 0.15) is 30.4 Å². The van der Waals surface area contributed by atoms with Gasteiger partial charge in [0.05, 0.1) is 12.2 Å². The van der Waals surface area contributed by atoms with E-state index in [1.165, 1.54) is 0 Å². The van der Waals surface area contributed by atoms with Crippen molar-refractivity contribution in [1.29, 1.82) is 0 Å². The summed E-state index contributed by atoms with van der Waals surface area (Å²) in [6.45, 7) is 2.80. The molecule has 1 aliphatic rings. The van der Waals surface area contributed by atoms with Crippen LogP contribution in [-0.4, -0.2) is 37.0 Å². The molecule has 1 unspecified atom stereocenters. The highest BCUT2D eigenvalue weighted by Gasteiger charge is 2.36. The summed E-state index contributed by atoms with van der Waals surface area (Å²) in [4.78, 5) is 27.5. The Balaban J connectivity index is 1.92. The minimum absolute atomic E-state index is 0.0212. The van der Waals surface area contributed by atoms with E-state index in [4.69, 9.17) is 9.47 Å². The molecule has 0 saturated heterocycles. The third kappa shape index (κ3) is 5.14. The highest BCUT2D eigenvalue weighted by molar-refractivity contribution is 9.10. The Labute approximate surface area is 179 Å². The van der Waals surface area contributed by atoms with Crippen molar-refractivity contribution in [3.8, 4) is 0 Å². The molecule has 2 aromatic carbocycles. The maximum absolute atomic E-state index is 13.1. The number of esters is 1. The van der Waals surface area contributed by atoms with Gasteiger partial charge in [-0.1, -0.05) is 58.4 Å². The summed E-state index contributed by atoms with van der Waals surface area (Å²) in [7, 11) is 1.59. The SMILES string of the molecule is COCCN1C(=O)CC(c2ccc(Br)cc2)C(C(=O)OCc2ccccc2)=C1C. The fraction of sp³-hybridized carbons (Fsp3) is 0.304. The number of methoxy groups -OCH3 is 1. The highest BCUT2D eigenvalue weighted by Crippen LogP contribution is 2.37. The molecule has 0 aromatic heterocycles. The molecule has 2 aromatic rings. The van der Waals surface area contributed by atoms with Crippen molar-refractivity contribution in [3.63, 3.8) is 0 Å². The average Bonchev–Trinajstić information content (AvgIpc) is 2.73. The lowest BCUT2D eigenvalue weighted by Crippen LogP contribution is -2.40. The largest absolute Gasteiger partial charge is 0.457 e. The molecule has 1 atom stereocenters. The van der Waals surface area contributed by atoms with E-state index in [0.29, 0.717) is 24.4 Å². The number of hydrogen-bond donors (Lipinski definition) is 0. The average molecular weight is 458 g/mol. The molecule has 0 spiro atoms. The van der Waals surface area contributed by atoms with Gasteiger partial charge in [-0.3, -0.25) is 4.79 Å². The number of carbonyl (C=O) groups is 2. The first-order valence-electron chi connectivity index (χ1n) is 9.48. The molecule has 3 rings (SSSR count). The van der Waals surface area contributed by atoms with E-state index in [9.17, 15) is 9.59 Å². The van der Waals surface area contributed by atoms with Crippen LogP contribution in [0.15, 0.2) is 70.3 Å². The van der Waals surface area contributed by atoms with Crippen LogP contribution in [0.2, 0.25) is 0 Å². The number of ether oxygens (including phenoxy) is 2. The predicted octanol–water partition coefficient (Wildman–Crippen LogP) is 4.43. The zero-order valence-corrected chi connectivity index (χ0v) is 18.1. The number of benzene rings is 2. The summed E-state index contributed by atoms with van der Waals surface area (Å²) in [5, 5.41) is 0. The van der Waals surface area contributed by atoms with E-state index in [1.807, 2.05) is 54.6 Å². The summed E-state index contributed by atoms with van der Waals surface area (Å²) >= 11 is 3.43. The number of allylic oxidation sites excluding steroid dienone is 1. The molecular weight excluding hydrogens is 434 g/mol. The Hall–Kier alpha value is -2.44. The summed E-state index contributed by atoms with van der Waals surface area (Å²) in [6.07, 6.45) is 0.221. The standard InChI is InChI=1S/C23H24BrNO4/c1-16-22(23(27)29-15-17-6-4-3-5-7-17)20(18-8-10-19(24)11-9-18)14-21(26)25(16)12-13-28-2/h3-11,20H,12-15H2,1-2H3. The van der Waals surface area contributed by atoms with Crippen LogP contribution < -0.4 is 0 Å². The summed E-state index contributed by atoms with van der Waals surface area (Å²) < 4.78 is 11.7. The van der Waals surface area contributed by atoms with Gasteiger partial charge in [0.2, 0.25) is 5.91 Å². The lowest BCUT2D eigenvalue weighted by Gasteiger charge is -2.34. The van der Waals surface area contributed by atoms with Crippen molar-refractivity contribution in [2.24, 2.45) is 0 Å². The van der Waals surface area contributed by atoms with Gasteiger partial charge in [-0.15, -0.1) is 0 Å². The van der Waals surface area contributed by atoms with Gasteiger partial charge >= 0.3 is 5.97 Å². The zero-order chi connectivity index (χ0) is 20.8. The molecule has 152 valence electrons. The first-order chi connectivity index (χ1) is 14.0. The Bertz CT molecular complexity index is 893. The number of halogens is 1. The van der Waals surface area contributed by atoms with Crippen molar-refractivity contribution >= 4 is 27.8 Å². The van der Waals surface area contributed by atoms with Crippen molar-refractivity contribution in [3.05, 3.63) is 81.5 Å².